The number of hydrogen-bond acceptors (Lipinski definition) is 2. The monoisotopic (exact) mass is 460 g/mol. The molecule has 2 aromatic rings. The molecule has 0 unspecified atom stereocenters. The van der Waals surface area contributed by atoms with Gasteiger partial charge in [0, 0.05) is 18.7 Å². The van der Waals surface area contributed by atoms with Gasteiger partial charge in [0.25, 0.3) is 0 Å². The van der Waals surface area contributed by atoms with Gasteiger partial charge in [0.1, 0.15) is 0 Å². The van der Waals surface area contributed by atoms with E-state index >= 15 is 0 Å². The molecule has 0 saturated carbocycles. The summed E-state index contributed by atoms with van der Waals surface area (Å²) in [6.07, 6.45) is 0. The van der Waals surface area contributed by atoms with Crippen LogP contribution < -0.4 is 0 Å². The third kappa shape index (κ3) is 4.54. The molecule has 0 atom stereocenters. The van der Waals surface area contributed by atoms with Gasteiger partial charge in [-0.2, -0.15) is 0 Å². The van der Waals surface area contributed by atoms with Gasteiger partial charge in [-0.15, -0.1) is 11.3 Å². The summed E-state index contributed by atoms with van der Waals surface area (Å²) in [4.78, 5) is 2.56. The highest BCUT2D eigenvalue weighted by Gasteiger charge is 2.37. The van der Waals surface area contributed by atoms with E-state index in [1.165, 1.54) is 15.3 Å². The van der Waals surface area contributed by atoms with Crippen LogP contribution in [0, 0.1) is 0 Å². The molecule has 1 aromatic heterocycles. The molecular weight excluding hydrogens is 440 g/mol. The van der Waals surface area contributed by atoms with Gasteiger partial charge >= 0.3 is 0 Å². The second kappa shape index (κ2) is 6.89. The summed E-state index contributed by atoms with van der Waals surface area (Å²) < 4.78 is 8.48. The molecule has 2 rings (SSSR count). The number of halogens is 2. The van der Waals surface area contributed by atoms with Crippen LogP contribution >= 0.6 is 43.2 Å². The SMILES string of the molecule is CC(C)(C)[Si](C)(C)OCc1ccc(-c2cc(Br)cc(Br)c2)s1. The van der Waals surface area contributed by atoms with Crippen LogP contribution in [-0.2, 0) is 11.0 Å². The first-order chi connectivity index (χ1) is 10.1. The van der Waals surface area contributed by atoms with Gasteiger partial charge in [-0.1, -0.05) is 52.6 Å². The van der Waals surface area contributed by atoms with Gasteiger partial charge in [0.05, 0.1) is 6.61 Å². The van der Waals surface area contributed by atoms with E-state index in [0.29, 0.717) is 0 Å². The van der Waals surface area contributed by atoms with Crippen molar-refractivity contribution in [3.05, 3.63) is 44.2 Å². The molecule has 1 nitrogen and oxygen atoms in total. The van der Waals surface area contributed by atoms with E-state index < -0.39 is 8.32 Å². The Labute approximate surface area is 155 Å². The highest BCUT2D eigenvalue weighted by molar-refractivity contribution is 9.11. The third-order valence-corrected chi connectivity index (χ3v) is 10.7. The van der Waals surface area contributed by atoms with Gasteiger partial charge in [-0.05, 0) is 54.0 Å². The number of thiophene rings is 1. The molecule has 0 fully saturated rings. The lowest BCUT2D eigenvalue weighted by Gasteiger charge is -2.36. The van der Waals surface area contributed by atoms with E-state index in [2.05, 4.69) is 96.1 Å². The van der Waals surface area contributed by atoms with Crippen molar-refractivity contribution in [3.8, 4) is 10.4 Å². The first kappa shape index (κ1) is 18.4. The molecule has 1 aromatic carbocycles. The Morgan fingerprint density at radius 1 is 1.05 bits per heavy atom. The molecule has 120 valence electrons. The van der Waals surface area contributed by atoms with E-state index in [-0.39, 0.29) is 5.04 Å². The van der Waals surface area contributed by atoms with Crippen molar-refractivity contribution >= 4 is 51.5 Å². The topological polar surface area (TPSA) is 9.23 Å². The maximum absolute atomic E-state index is 6.31. The zero-order valence-corrected chi connectivity index (χ0v) is 18.7. The number of benzene rings is 1. The molecule has 0 aliphatic rings. The van der Waals surface area contributed by atoms with E-state index in [4.69, 9.17) is 4.43 Å². The van der Waals surface area contributed by atoms with Crippen LogP contribution in [0.5, 0.6) is 0 Å². The Balaban J connectivity index is 2.12. The fourth-order valence-electron chi connectivity index (χ4n) is 1.77. The van der Waals surface area contributed by atoms with Crippen LogP contribution in [0.3, 0.4) is 0 Å². The van der Waals surface area contributed by atoms with Gasteiger partial charge in [0.2, 0.25) is 0 Å². The summed E-state index contributed by atoms with van der Waals surface area (Å²) in [5, 5.41) is 0.252. The fourth-order valence-corrected chi connectivity index (χ4v) is 5.03. The predicted octanol–water partition coefficient (Wildman–Crippen LogP) is 7.46. The summed E-state index contributed by atoms with van der Waals surface area (Å²) in [6.45, 7) is 12.1. The quantitative estimate of drug-likeness (QED) is 0.429. The zero-order valence-electron chi connectivity index (χ0n) is 13.7. The minimum absolute atomic E-state index is 0.252. The van der Waals surface area contributed by atoms with Crippen LogP contribution in [0.25, 0.3) is 10.4 Å². The maximum Gasteiger partial charge on any atom is 0.192 e. The summed E-state index contributed by atoms with van der Waals surface area (Å²) in [5.74, 6) is 0. The zero-order chi connectivity index (χ0) is 16.5. The Hall–Kier alpha value is 0.0569. The van der Waals surface area contributed by atoms with E-state index in [0.717, 1.165) is 15.6 Å². The average Bonchev–Trinajstić information content (AvgIpc) is 2.82. The molecule has 0 saturated heterocycles. The average molecular weight is 462 g/mol. The number of rotatable bonds is 4. The number of hydrogen-bond donors (Lipinski definition) is 0. The van der Waals surface area contributed by atoms with Gasteiger partial charge in [0.15, 0.2) is 8.32 Å². The lowest BCUT2D eigenvalue weighted by molar-refractivity contribution is 0.279. The molecule has 22 heavy (non-hydrogen) atoms. The Morgan fingerprint density at radius 3 is 2.18 bits per heavy atom. The molecule has 0 radical (unpaired) electrons. The molecule has 0 aliphatic carbocycles. The molecule has 0 amide bonds. The molecule has 0 spiro atoms. The van der Waals surface area contributed by atoms with Crippen molar-refractivity contribution in [2.24, 2.45) is 0 Å². The van der Waals surface area contributed by atoms with Crippen molar-refractivity contribution in [1.82, 2.24) is 0 Å². The van der Waals surface area contributed by atoms with Crippen LogP contribution in [0.4, 0.5) is 0 Å². The normalized spacial score (nSPS) is 12.7. The van der Waals surface area contributed by atoms with Crippen LogP contribution in [0.2, 0.25) is 18.1 Å². The first-order valence-corrected chi connectivity index (χ1v) is 12.6. The minimum Gasteiger partial charge on any atom is -0.412 e. The van der Waals surface area contributed by atoms with Gasteiger partial charge in [-0.3, -0.25) is 0 Å². The predicted molar refractivity (Wildman–Crippen MR) is 107 cm³/mol. The lowest BCUT2D eigenvalue weighted by Crippen LogP contribution is -2.40. The van der Waals surface area contributed by atoms with Crippen molar-refractivity contribution in [2.45, 2.75) is 45.5 Å². The Morgan fingerprint density at radius 2 is 1.64 bits per heavy atom. The minimum atomic E-state index is -1.68. The highest BCUT2D eigenvalue weighted by atomic mass is 79.9. The van der Waals surface area contributed by atoms with Crippen molar-refractivity contribution in [3.63, 3.8) is 0 Å². The highest BCUT2D eigenvalue weighted by Crippen LogP contribution is 2.38. The van der Waals surface area contributed by atoms with E-state index in [1.807, 2.05) is 11.3 Å². The first-order valence-electron chi connectivity index (χ1n) is 7.28. The van der Waals surface area contributed by atoms with Crippen LogP contribution in [0.1, 0.15) is 25.6 Å². The Kier molecular flexibility index (Phi) is 5.76. The standard InChI is InChI=1S/C17H22Br2OSSi/c1-17(2,3)22(4,5)20-11-15-6-7-16(21-15)12-8-13(18)10-14(19)9-12/h6-10H,11H2,1-5H3. The van der Waals surface area contributed by atoms with E-state index in [9.17, 15) is 0 Å². The fraction of sp³-hybridized carbons (Fsp3) is 0.412. The largest absolute Gasteiger partial charge is 0.412 e. The smallest absolute Gasteiger partial charge is 0.192 e. The molecule has 0 aliphatic heterocycles. The molecule has 0 N–H and O–H groups in total. The van der Waals surface area contributed by atoms with Crippen molar-refractivity contribution < 1.29 is 4.43 Å². The lowest BCUT2D eigenvalue weighted by atomic mass is 10.2. The summed E-state index contributed by atoms with van der Waals surface area (Å²) in [5.41, 5.74) is 1.23. The summed E-state index contributed by atoms with van der Waals surface area (Å²) in [6, 6.07) is 10.7. The van der Waals surface area contributed by atoms with E-state index in [1.54, 1.807) is 0 Å². The summed E-state index contributed by atoms with van der Waals surface area (Å²) in [7, 11) is -1.68. The molecule has 0 bridgehead atoms. The molecular formula is C17H22Br2OSSi. The van der Waals surface area contributed by atoms with Gasteiger partial charge in [-0.25, -0.2) is 0 Å². The van der Waals surface area contributed by atoms with Gasteiger partial charge < -0.3 is 4.43 Å². The second-order valence-corrected chi connectivity index (χ2v) is 14.8. The third-order valence-electron chi connectivity index (χ3n) is 4.19. The molecule has 1 heterocycles. The molecule has 5 heteroatoms. The summed E-state index contributed by atoms with van der Waals surface area (Å²) >= 11 is 8.91. The maximum atomic E-state index is 6.31. The van der Waals surface area contributed by atoms with Crippen LogP contribution in [-0.4, -0.2) is 8.32 Å². The second-order valence-electron chi connectivity index (χ2n) is 6.97. The Bertz CT molecular complexity index is 639. The van der Waals surface area contributed by atoms with Crippen molar-refractivity contribution in [1.29, 1.82) is 0 Å². The van der Waals surface area contributed by atoms with Crippen molar-refractivity contribution in [2.75, 3.05) is 0 Å². The van der Waals surface area contributed by atoms with Crippen LogP contribution in [0.15, 0.2) is 39.3 Å².